The van der Waals surface area contributed by atoms with E-state index in [2.05, 4.69) is 5.32 Å². The highest BCUT2D eigenvalue weighted by Crippen LogP contribution is 2.29. The van der Waals surface area contributed by atoms with Crippen molar-refractivity contribution in [3.05, 3.63) is 35.4 Å². The molecular weight excluding hydrogens is 273 g/mol. The highest BCUT2D eigenvalue weighted by Gasteiger charge is 2.30. The number of ether oxygens (including phenoxy) is 1. The van der Waals surface area contributed by atoms with Crippen molar-refractivity contribution in [3.63, 3.8) is 0 Å². The summed E-state index contributed by atoms with van der Waals surface area (Å²) in [5.74, 6) is -0.541. The first kappa shape index (κ1) is 16.5. The fourth-order valence-electron chi connectivity index (χ4n) is 1.60. The quantitative estimate of drug-likeness (QED) is 0.753. The van der Waals surface area contributed by atoms with Crippen LogP contribution in [0.3, 0.4) is 0 Å². The Balaban J connectivity index is 2.40. The number of carbonyl (C=O) groups is 1. The van der Waals surface area contributed by atoms with E-state index in [4.69, 9.17) is 10.5 Å². The fourth-order valence-corrected chi connectivity index (χ4v) is 1.60. The Kier molecular flexibility index (Phi) is 5.97. The molecule has 1 atom stereocenters. The van der Waals surface area contributed by atoms with Crippen LogP contribution in [0.15, 0.2) is 24.3 Å². The first-order valence-corrected chi connectivity index (χ1v) is 6.07. The lowest BCUT2D eigenvalue weighted by Gasteiger charge is -2.15. The van der Waals surface area contributed by atoms with Crippen LogP contribution in [0.4, 0.5) is 13.2 Å². The van der Waals surface area contributed by atoms with Crippen LogP contribution in [-0.2, 0) is 15.7 Å². The monoisotopic (exact) mass is 290 g/mol. The van der Waals surface area contributed by atoms with Gasteiger partial charge in [0.15, 0.2) is 0 Å². The molecule has 0 bridgehead atoms. The third-order valence-electron chi connectivity index (χ3n) is 2.68. The Morgan fingerprint density at radius 1 is 1.35 bits per heavy atom. The summed E-state index contributed by atoms with van der Waals surface area (Å²) in [6.45, 7) is 2.45. The highest BCUT2D eigenvalue weighted by molar-refractivity contribution is 5.74. The van der Waals surface area contributed by atoms with Crippen LogP contribution in [0, 0.1) is 0 Å². The summed E-state index contributed by atoms with van der Waals surface area (Å²) in [4.78, 5) is 10.4. The number of rotatable bonds is 7. The Labute approximate surface area is 115 Å². The predicted octanol–water partition coefficient (Wildman–Crippen LogP) is 1.86. The molecule has 1 aromatic carbocycles. The van der Waals surface area contributed by atoms with Crippen LogP contribution in [0.5, 0.6) is 0 Å². The van der Waals surface area contributed by atoms with Gasteiger partial charge in [0.1, 0.15) is 6.61 Å². The van der Waals surface area contributed by atoms with E-state index in [0.29, 0.717) is 13.2 Å². The Morgan fingerprint density at radius 2 is 1.95 bits per heavy atom. The van der Waals surface area contributed by atoms with Crippen molar-refractivity contribution in [3.8, 4) is 0 Å². The van der Waals surface area contributed by atoms with Crippen molar-refractivity contribution in [1.29, 1.82) is 0 Å². The number of nitrogens with one attached hydrogen (secondary N) is 1. The van der Waals surface area contributed by atoms with Gasteiger partial charge >= 0.3 is 6.18 Å². The van der Waals surface area contributed by atoms with E-state index in [1.54, 1.807) is 0 Å². The van der Waals surface area contributed by atoms with Gasteiger partial charge in [-0.1, -0.05) is 12.1 Å². The van der Waals surface area contributed by atoms with E-state index in [0.717, 1.165) is 17.7 Å². The standard InChI is InChI=1S/C13H17F3N2O2/c1-9(18-6-7-20-8-12(17)19)10-2-4-11(5-3-10)13(14,15)16/h2-5,9,18H,6-8H2,1H3,(H2,17,19). The van der Waals surface area contributed by atoms with Crippen LogP contribution >= 0.6 is 0 Å². The van der Waals surface area contributed by atoms with Gasteiger partial charge in [0.25, 0.3) is 0 Å². The normalized spacial score (nSPS) is 13.2. The zero-order valence-electron chi connectivity index (χ0n) is 11.0. The van der Waals surface area contributed by atoms with Crippen LogP contribution in [-0.4, -0.2) is 25.7 Å². The topological polar surface area (TPSA) is 64.3 Å². The summed E-state index contributed by atoms with van der Waals surface area (Å²) in [6.07, 6.45) is -4.32. The Morgan fingerprint density at radius 3 is 2.45 bits per heavy atom. The number of halogens is 3. The number of hydrogen-bond acceptors (Lipinski definition) is 3. The van der Waals surface area contributed by atoms with Crippen LogP contribution in [0.25, 0.3) is 0 Å². The van der Waals surface area contributed by atoms with Gasteiger partial charge < -0.3 is 15.8 Å². The highest BCUT2D eigenvalue weighted by atomic mass is 19.4. The van der Waals surface area contributed by atoms with Crippen LogP contribution in [0.2, 0.25) is 0 Å². The number of benzene rings is 1. The Bertz CT molecular complexity index is 432. The van der Waals surface area contributed by atoms with Crippen molar-refractivity contribution >= 4 is 5.91 Å². The average molecular weight is 290 g/mol. The third kappa shape index (κ3) is 5.58. The number of amides is 1. The molecule has 0 aliphatic rings. The molecular formula is C13H17F3N2O2. The summed E-state index contributed by atoms with van der Waals surface area (Å²) < 4.78 is 42.2. The molecule has 0 spiro atoms. The fraction of sp³-hybridized carbons (Fsp3) is 0.462. The molecule has 0 aliphatic carbocycles. The van der Waals surface area contributed by atoms with Gasteiger partial charge in [0.2, 0.25) is 5.91 Å². The first-order chi connectivity index (χ1) is 9.30. The zero-order valence-corrected chi connectivity index (χ0v) is 11.0. The average Bonchev–Trinajstić information content (AvgIpc) is 2.37. The molecule has 3 N–H and O–H groups in total. The minimum absolute atomic E-state index is 0.116. The molecule has 1 unspecified atom stereocenters. The second-order valence-corrected chi connectivity index (χ2v) is 4.31. The van der Waals surface area contributed by atoms with Gasteiger partial charge in [-0.2, -0.15) is 13.2 Å². The number of carbonyl (C=O) groups excluding carboxylic acids is 1. The largest absolute Gasteiger partial charge is 0.416 e. The van der Waals surface area contributed by atoms with Crippen molar-refractivity contribution in [1.82, 2.24) is 5.32 Å². The van der Waals surface area contributed by atoms with E-state index < -0.39 is 17.6 Å². The molecule has 0 aromatic heterocycles. The third-order valence-corrected chi connectivity index (χ3v) is 2.68. The van der Waals surface area contributed by atoms with E-state index in [-0.39, 0.29) is 12.6 Å². The lowest BCUT2D eigenvalue weighted by atomic mass is 10.1. The van der Waals surface area contributed by atoms with Gasteiger partial charge in [-0.3, -0.25) is 4.79 Å². The molecule has 1 aromatic rings. The minimum Gasteiger partial charge on any atom is -0.370 e. The second kappa shape index (κ2) is 7.25. The van der Waals surface area contributed by atoms with Crippen molar-refractivity contribution in [2.24, 2.45) is 5.73 Å². The van der Waals surface area contributed by atoms with E-state index in [1.165, 1.54) is 12.1 Å². The van der Waals surface area contributed by atoms with Gasteiger partial charge in [-0.05, 0) is 24.6 Å². The van der Waals surface area contributed by atoms with Gasteiger partial charge in [0, 0.05) is 12.6 Å². The molecule has 0 saturated heterocycles. The summed E-state index contributed by atoms with van der Waals surface area (Å²) in [7, 11) is 0. The summed E-state index contributed by atoms with van der Waals surface area (Å²) in [6, 6.07) is 4.86. The molecule has 0 heterocycles. The molecule has 1 amide bonds. The van der Waals surface area contributed by atoms with Crippen molar-refractivity contribution in [2.75, 3.05) is 19.8 Å². The van der Waals surface area contributed by atoms with Crippen LogP contribution in [0.1, 0.15) is 24.1 Å². The molecule has 0 saturated carbocycles. The van der Waals surface area contributed by atoms with Crippen LogP contribution < -0.4 is 11.1 Å². The summed E-state index contributed by atoms with van der Waals surface area (Å²) in [5, 5.41) is 3.07. The van der Waals surface area contributed by atoms with E-state index in [1.807, 2.05) is 6.92 Å². The van der Waals surface area contributed by atoms with Crippen molar-refractivity contribution in [2.45, 2.75) is 19.1 Å². The summed E-state index contributed by atoms with van der Waals surface area (Å²) >= 11 is 0. The maximum Gasteiger partial charge on any atom is 0.416 e. The second-order valence-electron chi connectivity index (χ2n) is 4.31. The number of nitrogens with two attached hydrogens (primary N) is 1. The molecule has 112 valence electrons. The van der Waals surface area contributed by atoms with Crippen molar-refractivity contribution < 1.29 is 22.7 Å². The van der Waals surface area contributed by atoms with E-state index in [9.17, 15) is 18.0 Å². The number of primary amides is 1. The molecule has 0 aliphatic heterocycles. The van der Waals surface area contributed by atoms with E-state index >= 15 is 0 Å². The summed E-state index contributed by atoms with van der Waals surface area (Å²) in [5.41, 5.74) is 4.97. The maximum atomic E-state index is 12.4. The zero-order chi connectivity index (χ0) is 15.2. The predicted molar refractivity (Wildman–Crippen MR) is 67.9 cm³/mol. The lowest BCUT2D eigenvalue weighted by molar-refractivity contribution is -0.137. The number of hydrogen-bond donors (Lipinski definition) is 2. The number of alkyl halides is 3. The lowest BCUT2D eigenvalue weighted by Crippen LogP contribution is -2.26. The smallest absolute Gasteiger partial charge is 0.370 e. The first-order valence-electron chi connectivity index (χ1n) is 6.07. The molecule has 0 fully saturated rings. The SMILES string of the molecule is CC(NCCOCC(N)=O)c1ccc(C(F)(F)F)cc1. The molecule has 1 rings (SSSR count). The molecule has 20 heavy (non-hydrogen) atoms. The Hall–Kier alpha value is -1.60. The van der Waals surface area contributed by atoms with Gasteiger partial charge in [0.05, 0.1) is 12.2 Å². The maximum absolute atomic E-state index is 12.4. The minimum atomic E-state index is -4.32. The molecule has 7 heteroatoms. The van der Waals surface area contributed by atoms with Gasteiger partial charge in [-0.25, -0.2) is 0 Å². The van der Waals surface area contributed by atoms with Gasteiger partial charge in [-0.15, -0.1) is 0 Å². The molecule has 0 radical (unpaired) electrons. The molecule has 4 nitrogen and oxygen atoms in total.